The van der Waals surface area contributed by atoms with Gasteiger partial charge in [-0.2, -0.15) is 0 Å². The standard InChI is InChI=1S/C21H23N3O6S4/c1-3-12-21(30-14(4-2)22-12)33-9-11-8-32-19-16(18(26)24(19)17(11)20(27)28)23-13(25)10-34(29)15-6-5-7-31-15/h5-7,16,19H,3-4,8-10H2,1-2H3,(H,23,25)(H,27,28)/t16?,19-,34?/m1/s1. The van der Waals surface area contributed by atoms with Gasteiger partial charge >= 0.3 is 5.97 Å². The Kier molecular flexibility index (Phi) is 7.85. The Balaban J connectivity index is 1.43. The Morgan fingerprint density at radius 3 is 2.82 bits per heavy atom. The van der Waals surface area contributed by atoms with E-state index in [1.165, 1.54) is 39.8 Å². The molecule has 0 radical (unpaired) electrons. The molecule has 4 heterocycles. The van der Waals surface area contributed by atoms with Gasteiger partial charge in [-0.25, -0.2) is 9.78 Å². The molecule has 13 heteroatoms. The fraction of sp³-hybridized carbons (Fsp3) is 0.429. The first kappa shape index (κ1) is 25.0. The third kappa shape index (κ3) is 4.97. The number of carbonyl (C=O) groups is 3. The number of thiophene rings is 1. The predicted molar refractivity (Wildman–Crippen MR) is 131 cm³/mol. The highest BCUT2D eigenvalue weighted by atomic mass is 32.2. The summed E-state index contributed by atoms with van der Waals surface area (Å²) in [7, 11) is -1.49. The van der Waals surface area contributed by atoms with E-state index in [0.29, 0.717) is 45.1 Å². The number of carboxylic acid groups (broad SMARTS) is 1. The van der Waals surface area contributed by atoms with Crippen molar-refractivity contribution in [3.63, 3.8) is 0 Å². The van der Waals surface area contributed by atoms with E-state index in [9.17, 15) is 23.7 Å². The number of nitrogens with zero attached hydrogens (tertiary/aromatic N) is 2. The largest absolute Gasteiger partial charge is 0.477 e. The zero-order valence-corrected chi connectivity index (χ0v) is 21.7. The number of hydrogen-bond donors (Lipinski definition) is 2. The number of β-lactam (4-membered cyclic amide) rings is 1. The minimum Gasteiger partial charge on any atom is -0.477 e. The first-order chi connectivity index (χ1) is 16.3. The molecular formula is C21H23N3O6S4. The number of carbonyl (C=O) groups excluding carboxylic acids is 2. The third-order valence-corrected chi connectivity index (χ3v) is 10.3. The molecule has 2 N–H and O–H groups in total. The molecule has 2 aromatic rings. The lowest BCUT2D eigenvalue weighted by Gasteiger charge is -2.49. The average Bonchev–Trinajstić information content (AvgIpc) is 3.50. The van der Waals surface area contributed by atoms with Gasteiger partial charge in [-0.05, 0) is 23.4 Å². The van der Waals surface area contributed by atoms with E-state index in [2.05, 4.69) is 10.3 Å². The number of hydrogen-bond acceptors (Lipinski definition) is 9. The van der Waals surface area contributed by atoms with Crippen molar-refractivity contribution in [2.24, 2.45) is 0 Å². The number of oxazole rings is 1. The third-order valence-electron chi connectivity index (χ3n) is 5.27. The van der Waals surface area contributed by atoms with E-state index < -0.39 is 40.0 Å². The van der Waals surface area contributed by atoms with Crippen LogP contribution < -0.4 is 5.32 Å². The van der Waals surface area contributed by atoms with Gasteiger partial charge in [-0.3, -0.25) is 18.7 Å². The van der Waals surface area contributed by atoms with Gasteiger partial charge in [0.2, 0.25) is 5.91 Å². The summed E-state index contributed by atoms with van der Waals surface area (Å²) in [6.07, 6.45) is 1.38. The topological polar surface area (TPSA) is 130 Å². The smallest absolute Gasteiger partial charge is 0.352 e. The second-order valence-electron chi connectivity index (χ2n) is 7.47. The molecule has 9 nitrogen and oxygen atoms in total. The van der Waals surface area contributed by atoms with Gasteiger partial charge in [0.1, 0.15) is 22.9 Å². The highest BCUT2D eigenvalue weighted by molar-refractivity contribution is 8.01. The number of aliphatic carboxylic acids is 1. The van der Waals surface area contributed by atoms with Gasteiger partial charge in [0, 0.05) is 17.9 Å². The van der Waals surface area contributed by atoms with Crippen LogP contribution in [0.2, 0.25) is 0 Å². The summed E-state index contributed by atoms with van der Waals surface area (Å²) in [6, 6.07) is 2.61. The molecule has 2 unspecified atom stereocenters. The molecule has 34 heavy (non-hydrogen) atoms. The van der Waals surface area contributed by atoms with Gasteiger partial charge in [0.15, 0.2) is 11.0 Å². The van der Waals surface area contributed by atoms with Crippen molar-refractivity contribution in [3.8, 4) is 0 Å². The second kappa shape index (κ2) is 10.7. The van der Waals surface area contributed by atoms with Crippen LogP contribution in [0.3, 0.4) is 0 Å². The van der Waals surface area contributed by atoms with E-state index in [-0.39, 0.29) is 11.4 Å². The molecule has 182 valence electrons. The molecule has 0 saturated carbocycles. The second-order valence-corrected chi connectivity index (χ2v) is 12.2. The zero-order valence-electron chi connectivity index (χ0n) is 18.4. The summed E-state index contributed by atoms with van der Waals surface area (Å²) >= 11 is 4.08. The molecule has 3 atom stereocenters. The van der Waals surface area contributed by atoms with Gasteiger partial charge in [0.05, 0.1) is 20.7 Å². The maximum absolute atomic E-state index is 12.8. The number of fused-ring (bicyclic) bond motifs is 1. The fourth-order valence-corrected chi connectivity index (χ4v) is 8.06. The molecule has 2 aromatic heterocycles. The Labute approximate surface area is 211 Å². The number of carboxylic acids is 1. The molecule has 2 aliphatic heterocycles. The quantitative estimate of drug-likeness (QED) is 0.344. The molecule has 1 saturated heterocycles. The zero-order chi connectivity index (χ0) is 24.4. The van der Waals surface area contributed by atoms with Crippen LogP contribution in [-0.4, -0.2) is 65.7 Å². The van der Waals surface area contributed by atoms with Crippen molar-refractivity contribution in [2.45, 2.75) is 47.4 Å². The van der Waals surface area contributed by atoms with E-state index >= 15 is 0 Å². The van der Waals surface area contributed by atoms with E-state index in [1.54, 1.807) is 17.5 Å². The van der Waals surface area contributed by atoms with E-state index in [4.69, 9.17) is 4.42 Å². The van der Waals surface area contributed by atoms with Gasteiger partial charge in [-0.15, -0.1) is 23.1 Å². The van der Waals surface area contributed by atoms with Crippen molar-refractivity contribution in [1.29, 1.82) is 0 Å². The number of aryl methyl sites for hydroxylation is 2. The summed E-state index contributed by atoms with van der Waals surface area (Å²) in [4.78, 5) is 42.9. The normalized spacial score (nSPS) is 20.6. The van der Waals surface area contributed by atoms with Crippen LogP contribution >= 0.6 is 34.9 Å². The summed E-state index contributed by atoms with van der Waals surface area (Å²) in [6.45, 7) is 3.93. The van der Waals surface area contributed by atoms with Gasteiger partial charge < -0.3 is 14.8 Å². The Bertz CT molecular complexity index is 1160. The molecular weight excluding hydrogens is 519 g/mol. The van der Waals surface area contributed by atoms with Crippen molar-refractivity contribution in [2.75, 3.05) is 17.3 Å². The van der Waals surface area contributed by atoms with Gasteiger partial charge in [-0.1, -0.05) is 31.7 Å². The lowest BCUT2D eigenvalue weighted by Crippen LogP contribution is -2.70. The Morgan fingerprint density at radius 1 is 1.38 bits per heavy atom. The number of thioether (sulfide) groups is 2. The first-order valence-corrected chi connectivity index (χ1v) is 14.8. The number of aromatic nitrogens is 1. The van der Waals surface area contributed by atoms with Crippen LogP contribution in [0, 0.1) is 0 Å². The molecule has 0 bridgehead atoms. The fourth-order valence-electron chi connectivity index (χ4n) is 3.62. The van der Waals surface area contributed by atoms with Crippen molar-refractivity contribution < 1.29 is 28.1 Å². The monoisotopic (exact) mass is 541 g/mol. The predicted octanol–water partition coefficient (Wildman–Crippen LogP) is 2.50. The molecule has 2 amide bonds. The van der Waals surface area contributed by atoms with E-state index in [1.807, 2.05) is 13.8 Å². The molecule has 2 aliphatic rings. The maximum Gasteiger partial charge on any atom is 0.352 e. The summed E-state index contributed by atoms with van der Waals surface area (Å²) in [5.41, 5.74) is 1.41. The van der Waals surface area contributed by atoms with Crippen molar-refractivity contribution >= 4 is 63.4 Å². The van der Waals surface area contributed by atoms with Crippen LogP contribution in [-0.2, 0) is 38.0 Å². The van der Waals surface area contributed by atoms with Crippen LogP contribution in [0.25, 0.3) is 0 Å². The maximum atomic E-state index is 12.8. The Morgan fingerprint density at radius 2 is 2.18 bits per heavy atom. The Hall–Kier alpha value is -2.09. The van der Waals surface area contributed by atoms with Crippen molar-refractivity contribution in [1.82, 2.24) is 15.2 Å². The molecule has 1 fully saturated rings. The van der Waals surface area contributed by atoms with Crippen LogP contribution in [0.15, 0.2) is 42.5 Å². The minimum atomic E-state index is -1.49. The summed E-state index contributed by atoms with van der Waals surface area (Å²) in [5.74, 6) is -1.00. The lowest BCUT2D eigenvalue weighted by atomic mass is 10.0. The number of rotatable bonds is 10. The molecule has 4 rings (SSSR count). The summed E-state index contributed by atoms with van der Waals surface area (Å²) < 4.78 is 18.6. The van der Waals surface area contributed by atoms with Crippen LogP contribution in [0.5, 0.6) is 0 Å². The lowest BCUT2D eigenvalue weighted by molar-refractivity contribution is -0.150. The molecule has 0 aliphatic carbocycles. The van der Waals surface area contributed by atoms with Crippen LogP contribution in [0.4, 0.5) is 0 Å². The molecule has 0 spiro atoms. The summed E-state index contributed by atoms with van der Waals surface area (Å²) in [5, 5.41) is 14.4. The first-order valence-electron chi connectivity index (χ1n) is 10.6. The molecule has 0 aromatic carbocycles. The van der Waals surface area contributed by atoms with Gasteiger partial charge in [0.25, 0.3) is 5.91 Å². The number of nitrogens with one attached hydrogen (secondary N) is 1. The number of amides is 2. The van der Waals surface area contributed by atoms with E-state index in [0.717, 1.165) is 5.69 Å². The van der Waals surface area contributed by atoms with Crippen LogP contribution in [0.1, 0.15) is 25.4 Å². The minimum absolute atomic E-state index is 0.0396. The van der Waals surface area contributed by atoms with Crippen molar-refractivity contribution in [3.05, 3.63) is 40.4 Å². The highest BCUT2D eigenvalue weighted by Crippen LogP contribution is 2.42. The average molecular weight is 542 g/mol. The SMILES string of the molecule is CCc1nc(CC)c(SCC2=C(C(=O)O)N3C(=O)C(NC(=O)CS(=O)c4cccs4)[C@H]3SC2)o1. The highest BCUT2D eigenvalue weighted by Gasteiger charge is 2.54.